The Labute approximate surface area is 150 Å². The summed E-state index contributed by atoms with van der Waals surface area (Å²) in [6.45, 7) is 1.53. The molecule has 4 rings (SSSR count). The van der Waals surface area contributed by atoms with E-state index in [1.165, 1.54) is 6.92 Å². The van der Waals surface area contributed by atoms with Crippen molar-refractivity contribution >= 4 is 16.8 Å². The molecule has 1 heterocycles. The van der Waals surface area contributed by atoms with Gasteiger partial charge in [-0.15, -0.1) is 0 Å². The van der Waals surface area contributed by atoms with E-state index in [1.807, 2.05) is 60.7 Å². The van der Waals surface area contributed by atoms with Crippen molar-refractivity contribution in [3.05, 3.63) is 94.8 Å². The van der Waals surface area contributed by atoms with Crippen LogP contribution in [0.4, 0.5) is 0 Å². The number of fused-ring (bicyclic) bond motifs is 1. The number of hydrogen-bond donors (Lipinski definition) is 0. The average Bonchev–Trinajstić information content (AvgIpc) is 2.68. The zero-order chi connectivity index (χ0) is 18.1. The Morgan fingerprint density at radius 1 is 0.769 bits per heavy atom. The summed E-state index contributed by atoms with van der Waals surface area (Å²) < 4.78 is 5.58. The lowest BCUT2D eigenvalue weighted by atomic mass is 9.92. The Hall–Kier alpha value is -3.46. The molecule has 0 saturated heterocycles. The fourth-order valence-corrected chi connectivity index (χ4v) is 3.19. The van der Waals surface area contributed by atoms with Gasteiger partial charge in [0.25, 0.3) is 0 Å². The minimum absolute atomic E-state index is 0.0293. The van der Waals surface area contributed by atoms with Gasteiger partial charge in [0.1, 0.15) is 5.58 Å². The molecule has 0 fully saturated rings. The maximum atomic E-state index is 12.8. The first-order valence-corrected chi connectivity index (χ1v) is 8.38. The zero-order valence-electron chi connectivity index (χ0n) is 14.2. The number of Topliss-reactive ketones (excluding diaryl/α,β-unsaturated/α-hetero) is 1. The van der Waals surface area contributed by atoms with Crippen LogP contribution < -0.4 is 5.63 Å². The average molecular weight is 340 g/mol. The lowest BCUT2D eigenvalue weighted by Gasteiger charge is -2.13. The Kier molecular flexibility index (Phi) is 3.98. The van der Waals surface area contributed by atoms with E-state index in [-0.39, 0.29) is 5.78 Å². The molecule has 0 aliphatic rings. The third kappa shape index (κ3) is 2.74. The Morgan fingerprint density at radius 2 is 1.35 bits per heavy atom. The van der Waals surface area contributed by atoms with Gasteiger partial charge in [-0.25, -0.2) is 4.79 Å². The molecule has 0 unspecified atom stereocenters. The monoisotopic (exact) mass is 340 g/mol. The van der Waals surface area contributed by atoms with Crippen LogP contribution in [0, 0.1) is 0 Å². The summed E-state index contributed by atoms with van der Waals surface area (Å²) in [6.07, 6.45) is 0. The predicted molar refractivity (Wildman–Crippen MR) is 103 cm³/mol. The summed E-state index contributed by atoms with van der Waals surface area (Å²) in [4.78, 5) is 24.7. The topological polar surface area (TPSA) is 47.3 Å². The molecule has 4 aromatic rings. The van der Waals surface area contributed by atoms with Crippen molar-refractivity contribution in [2.24, 2.45) is 0 Å². The molecule has 0 spiro atoms. The zero-order valence-corrected chi connectivity index (χ0v) is 14.2. The quantitative estimate of drug-likeness (QED) is 0.374. The number of benzene rings is 3. The van der Waals surface area contributed by atoms with Crippen LogP contribution in [0.2, 0.25) is 0 Å². The molecule has 0 aliphatic carbocycles. The molecule has 3 nitrogen and oxygen atoms in total. The Morgan fingerprint density at radius 3 is 1.92 bits per heavy atom. The second kappa shape index (κ2) is 6.45. The van der Waals surface area contributed by atoms with Gasteiger partial charge >= 0.3 is 5.63 Å². The van der Waals surface area contributed by atoms with Crippen LogP contribution in [0.3, 0.4) is 0 Å². The first-order valence-electron chi connectivity index (χ1n) is 8.38. The van der Waals surface area contributed by atoms with Crippen LogP contribution in [-0.4, -0.2) is 5.78 Å². The summed E-state index contributed by atoms with van der Waals surface area (Å²) in [5.74, 6) is -0.0293. The number of carbonyl (C=O) groups is 1. The van der Waals surface area contributed by atoms with E-state index in [9.17, 15) is 9.59 Å². The molecule has 26 heavy (non-hydrogen) atoms. The predicted octanol–water partition coefficient (Wildman–Crippen LogP) is 5.33. The summed E-state index contributed by atoms with van der Waals surface area (Å²) >= 11 is 0. The van der Waals surface area contributed by atoms with Crippen molar-refractivity contribution in [3.63, 3.8) is 0 Å². The van der Waals surface area contributed by atoms with E-state index in [0.717, 1.165) is 22.1 Å². The first kappa shape index (κ1) is 16.0. The SMILES string of the molecule is CC(=O)c1ccc2oc(=O)c(-c3ccccc3)c(-c3ccccc3)c2c1. The smallest absolute Gasteiger partial charge is 0.344 e. The third-order valence-electron chi connectivity index (χ3n) is 4.44. The van der Waals surface area contributed by atoms with E-state index in [4.69, 9.17) is 4.42 Å². The molecule has 0 N–H and O–H groups in total. The highest BCUT2D eigenvalue weighted by Crippen LogP contribution is 2.36. The van der Waals surface area contributed by atoms with Gasteiger partial charge in [0.05, 0.1) is 5.56 Å². The van der Waals surface area contributed by atoms with Crippen molar-refractivity contribution in [1.29, 1.82) is 0 Å². The van der Waals surface area contributed by atoms with E-state index in [1.54, 1.807) is 18.2 Å². The van der Waals surface area contributed by atoms with Crippen LogP contribution >= 0.6 is 0 Å². The Balaban J connectivity index is 2.18. The molecule has 126 valence electrons. The largest absolute Gasteiger partial charge is 0.422 e. The lowest BCUT2D eigenvalue weighted by Crippen LogP contribution is -2.06. The van der Waals surface area contributed by atoms with Crippen LogP contribution in [0.25, 0.3) is 33.2 Å². The van der Waals surface area contributed by atoms with Gasteiger partial charge < -0.3 is 4.42 Å². The van der Waals surface area contributed by atoms with Gasteiger partial charge in [-0.2, -0.15) is 0 Å². The maximum Gasteiger partial charge on any atom is 0.344 e. The molecule has 0 amide bonds. The van der Waals surface area contributed by atoms with Gasteiger partial charge in [0.2, 0.25) is 0 Å². The second-order valence-electron chi connectivity index (χ2n) is 6.14. The van der Waals surface area contributed by atoms with Gasteiger partial charge in [-0.05, 0) is 36.2 Å². The van der Waals surface area contributed by atoms with E-state index < -0.39 is 5.63 Å². The van der Waals surface area contributed by atoms with E-state index in [0.29, 0.717) is 16.7 Å². The number of ketones is 1. The fourth-order valence-electron chi connectivity index (χ4n) is 3.19. The van der Waals surface area contributed by atoms with Crippen LogP contribution in [0.15, 0.2) is 88.1 Å². The van der Waals surface area contributed by atoms with Crippen LogP contribution in [0.1, 0.15) is 17.3 Å². The molecule has 0 saturated carbocycles. The normalized spacial score (nSPS) is 10.8. The maximum absolute atomic E-state index is 12.8. The third-order valence-corrected chi connectivity index (χ3v) is 4.44. The van der Waals surface area contributed by atoms with Crippen molar-refractivity contribution in [2.75, 3.05) is 0 Å². The molecule has 0 atom stereocenters. The molecule has 1 aromatic heterocycles. The van der Waals surface area contributed by atoms with Gasteiger partial charge in [0.15, 0.2) is 5.78 Å². The number of rotatable bonds is 3. The molecule has 0 radical (unpaired) electrons. The molecule has 3 aromatic carbocycles. The molecular formula is C23H16O3. The highest BCUT2D eigenvalue weighted by Gasteiger charge is 2.18. The Bertz CT molecular complexity index is 1160. The second-order valence-corrected chi connectivity index (χ2v) is 6.14. The summed E-state index contributed by atoms with van der Waals surface area (Å²) in [6, 6.07) is 24.3. The van der Waals surface area contributed by atoms with Crippen molar-refractivity contribution < 1.29 is 9.21 Å². The van der Waals surface area contributed by atoms with Crippen molar-refractivity contribution in [2.45, 2.75) is 6.92 Å². The first-order chi connectivity index (χ1) is 12.6. The summed E-state index contributed by atoms with van der Waals surface area (Å²) in [7, 11) is 0. The van der Waals surface area contributed by atoms with Crippen molar-refractivity contribution in [3.8, 4) is 22.3 Å². The van der Waals surface area contributed by atoms with Crippen molar-refractivity contribution in [1.82, 2.24) is 0 Å². The van der Waals surface area contributed by atoms with Gasteiger partial charge in [-0.1, -0.05) is 60.7 Å². The number of hydrogen-bond acceptors (Lipinski definition) is 3. The van der Waals surface area contributed by atoms with E-state index >= 15 is 0 Å². The molecule has 0 aliphatic heterocycles. The minimum atomic E-state index is -0.391. The van der Waals surface area contributed by atoms with E-state index in [2.05, 4.69) is 0 Å². The molecule has 3 heteroatoms. The van der Waals surface area contributed by atoms with Gasteiger partial charge in [-0.3, -0.25) is 4.79 Å². The van der Waals surface area contributed by atoms with Gasteiger partial charge in [0, 0.05) is 16.5 Å². The highest BCUT2D eigenvalue weighted by molar-refractivity contribution is 6.05. The lowest BCUT2D eigenvalue weighted by molar-refractivity contribution is 0.101. The highest BCUT2D eigenvalue weighted by atomic mass is 16.4. The number of carbonyl (C=O) groups excluding carboxylic acids is 1. The standard InChI is InChI=1S/C23H16O3/c1-15(24)18-12-13-20-19(14-18)21(16-8-4-2-5-9-16)22(23(25)26-20)17-10-6-3-7-11-17/h2-14H,1H3. The summed E-state index contributed by atoms with van der Waals surface area (Å²) in [5.41, 5.74) is 3.65. The summed E-state index contributed by atoms with van der Waals surface area (Å²) in [5, 5.41) is 0.752. The van der Waals surface area contributed by atoms with Crippen LogP contribution in [0.5, 0.6) is 0 Å². The minimum Gasteiger partial charge on any atom is -0.422 e. The molecular weight excluding hydrogens is 324 g/mol. The van der Waals surface area contributed by atoms with Crippen LogP contribution in [-0.2, 0) is 0 Å². The fraction of sp³-hybridized carbons (Fsp3) is 0.0435. The molecule has 0 bridgehead atoms.